The van der Waals surface area contributed by atoms with E-state index in [0.29, 0.717) is 0 Å². The molecule has 0 aliphatic rings. The van der Waals surface area contributed by atoms with Crippen molar-refractivity contribution >= 4 is 0 Å². The van der Waals surface area contributed by atoms with Crippen LogP contribution in [0.3, 0.4) is 0 Å². The Hall–Kier alpha value is -2.31. The molecule has 0 aliphatic heterocycles. The summed E-state index contributed by atoms with van der Waals surface area (Å²) in [6.07, 6.45) is 8.77. The van der Waals surface area contributed by atoms with Crippen LogP contribution in [0.2, 0.25) is 0 Å². The Morgan fingerprint density at radius 2 is 2.11 bits per heavy atom. The molecule has 0 aliphatic carbocycles. The number of nitrogens with zero attached hydrogens (tertiary/aromatic N) is 2. The minimum atomic E-state index is 0.0263. The SMILES string of the molecule is OC/C=C/C#Cc1ccc(Cn2ccnc2)cc1. The Bertz CT molecular complexity index is 557. The van der Waals surface area contributed by atoms with Crippen molar-refractivity contribution in [3.05, 3.63) is 66.3 Å². The fourth-order valence-corrected chi connectivity index (χ4v) is 1.52. The van der Waals surface area contributed by atoms with Crippen LogP contribution < -0.4 is 0 Å². The van der Waals surface area contributed by atoms with Gasteiger partial charge in [0, 0.05) is 24.5 Å². The summed E-state index contributed by atoms with van der Waals surface area (Å²) in [5.74, 6) is 5.86. The van der Waals surface area contributed by atoms with Crippen LogP contribution in [0.1, 0.15) is 11.1 Å². The highest BCUT2D eigenvalue weighted by Crippen LogP contribution is 2.05. The van der Waals surface area contributed by atoms with Gasteiger partial charge in [0.25, 0.3) is 0 Å². The second-order valence-electron chi connectivity index (χ2n) is 3.79. The zero-order chi connectivity index (χ0) is 12.6. The van der Waals surface area contributed by atoms with Crippen molar-refractivity contribution in [3.8, 4) is 11.8 Å². The Morgan fingerprint density at radius 3 is 2.78 bits per heavy atom. The fourth-order valence-electron chi connectivity index (χ4n) is 1.52. The Kier molecular flexibility index (Phi) is 4.34. The number of benzene rings is 1. The summed E-state index contributed by atoms with van der Waals surface area (Å²) in [7, 11) is 0. The minimum absolute atomic E-state index is 0.0263. The lowest BCUT2D eigenvalue weighted by atomic mass is 10.1. The average molecular weight is 238 g/mol. The number of hydrogen-bond donors (Lipinski definition) is 1. The Balaban J connectivity index is 2.00. The van der Waals surface area contributed by atoms with Crippen molar-refractivity contribution in [3.63, 3.8) is 0 Å². The van der Waals surface area contributed by atoms with Crippen LogP contribution in [0.15, 0.2) is 55.1 Å². The predicted octanol–water partition coefficient (Wildman–Crippen LogP) is 1.83. The molecule has 0 unspecified atom stereocenters. The number of imidazole rings is 1. The highest BCUT2D eigenvalue weighted by molar-refractivity contribution is 5.38. The topological polar surface area (TPSA) is 38.0 Å². The van der Waals surface area contributed by atoms with E-state index in [0.717, 1.165) is 12.1 Å². The molecular weight excluding hydrogens is 224 g/mol. The van der Waals surface area contributed by atoms with Gasteiger partial charge in [-0.05, 0) is 23.8 Å². The average Bonchev–Trinajstić information content (AvgIpc) is 2.89. The first-order chi connectivity index (χ1) is 8.88. The molecule has 0 fully saturated rings. The molecular formula is C15H14N2O. The van der Waals surface area contributed by atoms with Crippen LogP contribution in [-0.4, -0.2) is 21.3 Å². The molecule has 90 valence electrons. The maximum atomic E-state index is 8.56. The van der Waals surface area contributed by atoms with Gasteiger partial charge < -0.3 is 9.67 Å². The number of aliphatic hydroxyl groups is 1. The first kappa shape index (κ1) is 12.2. The van der Waals surface area contributed by atoms with Crippen LogP contribution in [0.25, 0.3) is 0 Å². The highest BCUT2D eigenvalue weighted by atomic mass is 16.2. The molecule has 1 heterocycles. The van der Waals surface area contributed by atoms with Crippen molar-refractivity contribution in [2.24, 2.45) is 0 Å². The number of hydrogen-bond acceptors (Lipinski definition) is 2. The molecule has 0 amide bonds. The zero-order valence-corrected chi connectivity index (χ0v) is 9.95. The van der Waals surface area contributed by atoms with Gasteiger partial charge in [-0.1, -0.05) is 30.0 Å². The summed E-state index contributed by atoms with van der Waals surface area (Å²) in [5, 5.41) is 8.56. The summed E-state index contributed by atoms with van der Waals surface area (Å²) >= 11 is 0. The van der Waals surface area contributed by atoms with Crippen molar-refractivity contribution in [1.29, 1.82) is 0 Å². The van der Waals surface area contributed by atoms with Crippen LogP contribution in [-0.2, 0) is 6.54 Å². The van der Waals surface area contributed by atoms with E-state index in [1.165, 1.54) is 5.56 Å². The smallest absolute Gasteiger partial charge is 0.0949 e. The van der Waals surface area contributed by atoms with Gasteiger partial charge in [-0.3, -0.25) is 0 Å². The molecule has 0 spiro atoms. The fraction of sp³-hybridized carbons (Fsp3) is 0.133. The van der Waals surface area contributed by atoms with Gasteiger partial charge in [0.2, 0.25) is 0 Å². The summed E-state index contributed by atoms with van der Waals surface area (Å²) < 4.78 is 2.02. The quantitative estimate of drug-likeness (QED) is 0.828. The summed E-state index contributed by atoms with van der Waals surface area (Å²) in [5.41, 5.74) is 2.18. The molecule has 18 heavy (non-hydrogen) atoms. The highest BCUT2D eigenvalue weighted by Gasteiger charge is 1.94. The lowest BCUT2D eigenvalue weighted by molar-refractivity contribution is 0.343. The maximum Gasteiger partial charge on any atom is 0.0949 e. The van der Waals surface area contributed by atoms with Crippen LogP contribution in [0.5, 0.6) is 0 Å². The molecule has 1 aromatic carbocycles. The van der Waals surface area contributed by atoms with Crippen molar-refractivity contribution < 1.29 is 5.11 Å². The van der Waals surface area contributed by atoms with E-state index < -0.39 is 0 Å². The van der Waals surface area contributed by atoms with Crippen LogP contribution >= 0.6 is 0 Å². The van der Waals surface area contributed by atoms with E-state index in [2.05, 4.69) is 29.0 Å². The number of rotatable bonds is 3. The van der Waals surface area contributed by atoms with E-state index >= 15 is 0 Å². The van der Waals surface area contributed by atoms with Crippen molar-refractivity contribution in [2.75, 3.05) is 6.61 Å². The standard InChI is InChI=1S/C15H14N2O/c18-11-3-1-2-4-14-5-7-15(8-6-14)12-17-10-9-16-13-17/h1,3,5-10,13,18H,11-12H2/b3-1+. The molecule has 0 saturated carbocycles. The molecule has 3 heteroatoms. The molecule has 2 rings (SSSR count). The summed E-state index contributed by atoms with van der Waals surface area (Å²) in [6.45, 7) is 0.844. The lowest BCUT2D eigenvalue weighted by Crippen LogP contribution is -1.95. The van der Waals surface area contributed by atoms with E-state index in [9.17, 15) is 0 Å². The predicted molar refractivity (Wildman–Crippen MR) is 70.9 cm³/mol. The van der Waals surface area contributed by atoms with Gasteiger partial charge >= 0.3 is 0 Å². The summed E-state index contributed by atoms with van der Waals surface area (Å²) in [6, 6.07) is 8.09. The van der Waals surface area contributed by atoms with Gasteiger partial charge in [0.1, 0.15) is 0 Å². The number of allylic oxidation sites excluding steroid dienone is 1. The molecule has 2 aromatic rings. The third-order valence-electron chi connectivity index (χ3n) is 2.40. The first-order valence-electron chi connectivity index (χ1n) is 5.70. The van der Waals surface area contributed by atoms with Crippen LogP contribution in [0.4, 0.5) is 0 Å². The summed E-state index contributed by atoms with van der Waals surface area (Å²) in [4.78, 5) is 4.01. The third-order valence-corrected chi connectivity index (χ3v) is 2.40. The molecule has 0 radical (unpaired) electrons. The first-order valence-corrected chi connectivity index (χ1v) is 5.70. The second kappa shape index (κ2) is 6.43. The second-order valence-corrected chi connectivity index (χ2v) is 3.79. The molecule has 0 saturated heterocycles. The molecule has 0 bridgehead atoms. The zero-order valence-electron chi connectivity index (χ0n) is 9.95. The van der Waals surface area contributed by atoms with E-state index in [1.54, 1.807) is 24.7 Å². The Labute approximate surface area is 106 Å². The largest absolute Gasteiger partial charge is 0.392 e. The van der Waals surface area contributed by atoms with Gasteiger partial charge in [-0.15, -0.1) is 0 Å². The van der Waals surface area contributed by atoms with Gasteiger partial charge in [0.15, 0.2) is 0 Å². The van der Waals surface area contributed by atoms with Gasteiger partial charge in [-0.2, -0.15) is 0 Å². The van der Waals surface area contributed by atoms with E-state index in [4.69, 9.17) is 5.11 Å². The van der Waals surface area contributed by atoms with E-state index in [-0.39, 0.29) is 6.61 Å². The molecule has 3 nitrogen and oxygen atoms in total. The number of aromatic nitrogens is 2. The van der Waals surface area contributed by atoms with Crippen LogP contribution in [0, 0.1) is 11.8 Å². The molecule has 1 N–H and O–H groups in total. The molecule has 1 aromatic heterocycles. The molecule has 0 atom stereocenters. The Morgan fingerprint density at radius 1 is 1.28 bits per heavy atom. The van der Waals surface area contributed by atoms with Crippen molar-refractivity contribution in [1.82, 2.24) is 9.55 Å². The van der Waals surface area contributed by atoms with E-state index in [1.807, 2.05) is 22.9 Å². The lowest BCUT2D eigenvalue weighted by Gasteiger charge is -2.02. The third kappa shape index (κ3) is 3.62. The van der Waals surface area contributed by atoms with Gasteiger partial charge in [0.05, 0.1) is 12.9 Å². The monoisotopic (exact) mass is 238 g/mol. The maximum absolute atomic E-state index is 8.56. The minimum Gasteiger partial charge on any atom is -0.392 e. The van der Waals surface area contributed by atoms with Crippen molar-refractivity contribution in [2.45, 2.75) is 6.54 Å². The van der Waals surface area contributed by atoms with Gasteiger partial charge in [-0.25, -0.2) is 4.98 Å². The normalized spacial score (nSPS) is 10.3. The number of aliphatic hydroxyl groups excluding tert-OH is 1.